The lowest BCUT2D eigenvalue weighted by molar-refractivity contribution is -0.151. The Balaban J connectivity index is 1.79. The molecule has 1 fully saturated rings. The minimum atomic E-state index is -0.996. The molecule has 12 nitrogen and oxygen atoms in total. The zero-order valence-electron chi connectivity index (χ0n) is 23.7. The van der Waals surface area contributed by atoms with Crippen molar-refractivity contribution in [1.29, 1.82) is 0 Å². The SMILES string of the molecule is CC(C)[C@H](NC(=O)OC(C)(C)C)C(=O)OCn1cc(NC(=O)c2c(Cl)cccc2Cl)c(C(=O)NC2CCNCC2)n1. The number of amides is 3. The molecule has 0 aliphatic carbocycles. The number of hydrogen-bond acceptors (Lipinski definition) is 8. The summed E-state index contributed by atoms with van der Waals surface area (Å²) in [5.74, 6) is -2.19. The molecule has 2 aromatic rings. The predicted octanol–water partition coefficient (Wildman–Crippen LogP) is 3.97. The highest BCUT2D eigenvalue weighted by Gasteiger charge is 2.29. The van der Waals surface area contributed by atoms with Crippen LogP contribution in [0.3, 0.4) is 0 Å². The second kappa shape index (κ2) is 14.0. The number of alkyl carbamates (subject to hydrolysis) is 1. The fourth-order valence-electron chi connectivity index (χ4n) is 4.02. The van der Waals surface area contributed by atoms with E-state index >= 15 is 0 Å². The van der Waals surface area contributed by atoms with Gasteiger partial charge in [0, 0.05) is 6.04 Å². The van der Waals surface area contributed by atoms with Crippen molar-refractivity contribution >= 4 is 52.8 Å². The van der Waals surface area contributed by atoms with Gasteiger partial charge in [-0.1, -0.05) is 43.1 Å². The maximum atomic E-state index is 13.2. The van der Waals surface area contributed by atoms with Crippen LogP contribution in [-0.4, -0.2) is 64.4 Å². The van der Waals surface area contributed by atoms with Crippen molar-refractivity contribution in [2.24, 2.45) is 5.92 Å². The Morgan fingerprint density at radius 2 is 1.73 bits per heavy atom. The lowest BCUT2D eigenvalue weighted by Crippen LogP contribution is -2.47. The van der Waals surface area contributed by atoms with Gasteiger partial charge in [-0.15, -0.1) is 0 Å². The molecule has 1 atom stereocenters. The summed E-state index contributed by atoms with van der Waals surface area (Å²) in [6.45, 7) is 9.75. The Morgan fingerprint density at radius 3 is 2.32 bits per heavy atom. The Hall–Kier alpha value is -3.35. The van der Waals surface area contributed by atoms with Crippen LogP contribution in [0.15, 0.2) is 24.4 Å². The minimum absolute atomic E-state index is 0.0349. The summed E-state index contributed by atoms with van der Waals surface area (Å²) in [6, 6.07) is 3.58. The van der Waals surface area contributed by atoms with Crippen LogP contribution in [0.4, 0.5) is 10.5 Å². The van der Waals surface area contributed by atoms with Gasteiger partial charge in [0.05, 0.1) is 27.5 Å². The van der Waals surface area contributed by atoms with E-state index in [1.807, 2.05) is 0 Å². The lowest BCUT2D eigenvalue weighted by Gasteiger charge is -2.24. The molecule has 2 heterocycles. The first kappa shape index (κ1) is 32.2. The molecule has 0 saturated carbocycles. The summed E-state index contributed by atoms with van der Waals surface area (Å²) >= 11 is 12.4. The number of esters is 1. The molecule has 1 saturated heterocycles. The molecule has 1 aliphatic rings. The first-order valence-electron chi connectivity index (χ1n) is 13.3. The van der Waals surface area contributed by atoms with E-state index in [0.717, 1.165) is 25.9 Å². The fourth-order valence-corrected chi connectivity index (χ4v) is 4.59. The topological polar surface area (TPSA) is 153 Å². The molecule has 4 N–H and O–H groups in total. The summed E-state index contributed by atoms with van der Waals surface area (Å²) in [4.78, 5) is 51.4. The second-order valence-corrected chi connectivity index (χ2v) is 11.8. The van der Waals surface area contributed by atoms with Crippen molar-refractivity contribution < 1.29 is 28.7 Å². The van der Waals surface area contributed by atoms with Crippen molar-refractivity contribution in [2.45, 2.75) is 71.9 Å². The molecule has 224 valence electrons. The van der Waals surface area contributed by atoms with E-state index in [1.165, 1.54) is 23.0 Å². The van der Waals surface area contributed by atoms with Crippen molar-refractivity contribution in [3.8, 4) is 0 Å². The number of piperidine rings is 1. The van der Waals surface area contributed by atoms with Crippen molar-refractivity contribution in [3.63, 3.8) is 0 Å². The summed E-state index contributed by atoms with van der Waals surface area (Å²) in [6.07, 6.45) is 2.08. The van der Waals surface area contributed by atoms with E-state index in [4.69, 9.17) is 32.7 Å². The quantitative estimate of drug-likeness (QED) is 0.311. The molecular formula is C27H36Cl2N6O6. The number of benzene rings is 1. The Labute approximate surface area is 248 Å². The van der Waals surface area contributed by atoms with E-state index in [9.17, 15) is 19.2 Å². The third-order valence-electron chi connectivity index (χ3n) is 6.02. The Kier molecular flexibility index (Phi) is 11.0. The van der Waals surface area contributed by atoms with Gasteiger partial charge in [0.1, 0.15) is 11.6 Å². The molecule has 0 bridgehead atoms. The molecular weight excluding hydrogens is 575 g/mol. The number of halogens is 2. The second-order valence-electron chi connectivity index (χ2n) is 10.9. The van der Waals surface area contributed by atoms with Crippen LogP contribution in [0, 0.1) is 5.92 Å². The molecule has 0 spiro atoms. The van der Waals surface area contributed by atoms with Gasteiger partial charge in [0.15, 0.2) is 12.4 Å². The van der Waals surface area contributed by atoms with Crippen LogP contribution in [-0.2, 0) is 21.0 Å². The molecule has 41 heavy (non-hydrogen) atoms. The summed E-state index contributed by atoms with van der Waals surface area (Å²) in [7, 11) is 0. The van der Waals surface area contributed by atoms with Crippen molar-refractivity contribution in [1.82, 2.24) is 25.7 Å². The number of ether oxygens (including phenoxy) is 2. The van der Waals surface area contributed by atoms with Crippen LogP contribution >= 0.6 is 23.2 Å². The van der Waals surface area contributed by atoms with Crippen LogP contribution in [0.5, 0.6) is 0 Å². The molecule has 14 heteroatoms. The van der Waals surface area contributed by atoms with Crippen LogP contribution in [0.1, 0.15) is 68.3 Å². The highest BCUT2D eigenvalue weighted by Crippen LogP contribution is 2.26. The number of rotatable bonds is 9. The van der Waals surface area contributed by atoms with E-state index in [1.54, 1.807) is 40.7 Å². The van der Waals surface area contributed by atoms with Gasteiger partial charge in [-0.2, -0.15) is 5.10 Å². The standard InChI is InChI=1S/C27H36Cl2N6O6/c1-15(2)21(33-26(39)41-27(3,4)5)25(38)40-14-35-13-19(32-23(36)20-17(28)7-6-8-18(20)29)22(34-35)24(37)31-16-9-11-30-12-10-16/h6-8,13,15-16,21,30H,9-12,14H2,1-5H3,(H,31,37)(H,32,36)(H,33,39)/t21-/m0/s1. The third-order valence-corrected chi connectivity index (χ3v) is 6.65. The van der Waals surface area contributed by atoms with Crippen molar-refractivity contribution in [3.05, 3.63) is 45.7 Å². The van der Waals surface area contributed by atoms with Gasteiger partial charge in [0.2, 0.25) is 0 Å². The Morgan fingerprint density at radius 1 is 1.10 bits per heavy atom. The average Bonchev–Trinajstić information content (AvgIpc) is 3.27. The van der Waals surface area contributed by atoms with E-state index in [2.05, 4.69) is 26.4 Å². The zero-order chi connectivity index (χ0) is 30.3. The molecule has 3 rings (SSSR count). The first-order chi connectivity index (χ1) is 19.2. The highest BCUT2D eigenvalue weighted by molar-refractivity contribution is 6.40. The third kappa shape index (κ3) is 9.34. The van der Waals surface area contributed by atoms with E-state index in [-0.39, 0.29) is 38.9 Å². The maximum Gasteiger partial charge on any atom is 0.408 e. The number of carbonyl (C=O) groups excluding carboxylic acids is 4. The number of nitrogens with one attached hydrogen (secondary N) is 4. The molecule has 0 radical (unpaired) electrons. The number of aromatic nitrogens is 2. The Bertz CT molecular complexity index is 1250. The van der Waals surface area contributed by atoms with Gasteiger partial charge < -0.3 is 30.7 Å². The number of carbonyl (C=O) groups is 4. The van der Waals surface area contributed by atoms with Crippen LogP contribution in [0.2, 0.25) is 10.0 Å². The molecule has 3 amide bonds. The van der Waals surface area contributed by atoms with Gasteiger partial charge in [0.25, 0.3) is 11.8 Å². The average molecular weight is 612 g/mol. The summed E-state index contributed by atoms with van der Waals surface area (Å²) in [5, 5.41) is 15.9. The van der Waals surface area contributed by atoms with Gasteiger partial charge >= 0.3 is 12.1 Å². The largest absolute Gasteiger partial charge is 0.444 e. The van der Waals surface area contributed by atoms with Gasteiger partial charge in [-0.05, 0) is 64.8 Å². The van der Waals surface area contributed by atoms with Crippen LogP contribution < -0.4 is 21.3 Å². The molecule has 1 aromatic carbocycles. The normalized spacial score (nSPS) is 14.7. The predicted molar refractivity (Wildman–Crippen MR) is 154 cm³/mol. The monoisotopic (exact) mass is 610 g/mol. The lowest BCUT2D eigenvalue weighted by atomic mass is 10.1. The smallest absolute Gasteiger partial charge is 0.408 e. The van der Waals surface area contributed by atoms with Gasteiger partial charge in [-0.25, -0.2) is 14.3 Å². The fraction of sp³-hybridized carbons (Fsp3) is 0.519. The van der Waals surface area contributed by atoms with Crippen molar-refractivity contribution in [2.75, 3.05) is 18.4 Å². The molecule has 1 aromatic heterocycles. The number of nitrogens with zero attached hydrogens (tertiary/aromatic N) is 2. The van der Waals surface area contributed by atoms with Gasteiger partial charge in [-0.3, -0.25) is 9.59 Å². The van der Waals surface area contributed by atoms with Crippen LogP contribution in [0.25, 0.3) is 0 Å². The zero-order valence-corrected chi connectivity index (χ0v) is 25.2. The molecule has 1 aliphatic heterocycles. The maximum absolute atomic E-state index is 13.2. The minimum Gasteiger partial charge on any atom is -0.444 e. The summed E-state index contributed by atoms with van der Waals surface area (Å²) < 4.78 is 11.8. The molecule has 0 unspecified atom stereocenters. The van der Waals surface area contributed by atoms with E-state index < -0.39 is 42.3 Å². The first-order valence-corrected chi connectivity index (χ1v) is 14.0. The summed E-state index contributed by atoms with van der Waals surface area (Å²) in [5.41, 5.74) is -0.720. The highest BCUT2D eigenvalue weighted by atomic mass is 35.5. The number of hydrogen-bond donors (Lipinski definition) is 4. The van der Waals surface area contributed by atoms with E-state index in [0.29, 0.717) is 0 Å². The number of anilines is 1.